The number of fused-ring (bicyclic) bond motifs is 1. The lowest BCUT2D eigenvalue weighted by Crippen LogP contribution is -1.95. The highest BCUT2D eigenvalue weighted by Gasteiger charge is 2.12. The predicted octanol–water partition coefficient (Wildman–Crippen LogP) is 4.31. The van der Waals surface area contributed by atoms with E-state index in [1.54, 1.807) is 12.5 Å². The Morgan fingerprint density at radius 3 is 2.71 bits per heavy atom. The maximum atomic E-state index is 5.95. The number of furan rings is 1. The van der Waals surface area contributed by atoms with Crippen LogP contribution >= 0.6 is 11.6 Å². The maximum absolute atomic E-state index is 5.95. The minimum atomic E-state index is 0.695. The number of hydrogen-bond donors (Lipinski definition) is 0. The Hall–Kier alpha value is -2.59. The van der Waals surface area contributed by atoms with E-state index in [9.17, 15) is 0 Å². The summed E-state index contributed by atoms with van der Waals surface area (Å²) in [7, 11) is 0. The van der Waals surface area contributed by atoms with Gasteiger partial charge in [-0.3, -0.25) is 0 Å². The quantitative estimate of drug-likeness (QED) is 0.553. The lowest BCUT2D eigenvalue weighted by Gasteiger charge is -2.06. The van der Waals surface area contributed by atoms with Gasteiger partial charge in [0.1, 0.15) is 11.4 Å². The number of hydrogen-bond acceptors (Lipinski definition) is 3. The Bertz CT molecular complexity index is 895. The summed E-state index contributed by atoms with van der Waals surface area (Å²) < 4.78 is 7.38. The van der Waals surface area contributed by atoms with Crippen LogP contribution in [0.5, 0.6) is 0 Å². The van der Waals surface area contributed by atoms with Crippen molar-refractivity contribution >= 4 is 17.2 Å². The Kier molecular flexibility index (Phi) is 2.75. The van der Waals surface area contributed by atoms with E-state index < -0.39 is 0 Å². The van der Waals surface area contributed by atoms with Crippen LogP contribution in [0.3, 0.4) is 0 Å². The predicted molar refractivity (Wildman–Crippen MR) is 81.1 cm³/mol. The van der Waals surface area contributed by atoms with Crippen molar-refractivity contribution < 1.29 is 4.42 Å². The molecule has 0 saturated carbocycles. The molecule has 0 amide bonds. The first-order valence-electron chi connectivity index (χ1n) is 6.45. The Labute approximate surface area is 125 Å². The first kappa shape index (κ1) is 12.2. The Morgan fingerprint density at radius 2 is 1.95 bits per heavy atom. The fourth-order valence-corrected chi connectivity index (χ4v) is 2.40. The van der Waals surface area contributed by atoms with Gasteiger partial charge in [0.05, 0.1) is 6.26 Å². The second kappa shape index (κ2) is 4.75. The van der Waals surface area contributed by atoms with Crippen LogP contribution in [-0.4, -0.2) is 14.4 Å². The van der Waals surface area contributed by atoms with E-state index >= 15 is 0 Å². The van der Waals surface area contributed by atoms with E-state index in [1.165, 1.54) is 0 Å². The normalized spacial score (nSPS) is 11.1. The minimum absolute atomic E-state index is 0.695. The number of nitrogens with zero attached hydrogens (tertiary/aromatic N) is 3. The van der Waals surface area contributed by atoms with E-state index in [4.69, 9.17) is 21.0 Å². The monoisotopic (exact) mass is 295 g/mol. The van der Waals surface area contributed by atoms with Crippen molar-refractivity contribution in [3.63, 3.8) is 0 Å². The smallest absolute Gasteiger partial charge is 0.163 e. The zero-order valence-electron chi connectivity index (χ0n) is 10.9. The molecule has 102 valence electrons. The van der Waals surface area contributed by atoms with E-state index in [-0.39, 0.29) is 0 Å². The van der Waals surface area contributed by atoms with Gasteiger partial charge in [-0.1, -0.05) is 23.7 Å². The summed E-state index contributed by atoms with van der Waals surface area (Å²) in [6.07, 6.45) is 7.18. The Morgan fingerprint density at radius 1 is 1.10 bits per heavy atom. The van der Waals surface area contributed by atoms with Crippen LogP contribution in [0.2, 0.25) is 5.02 Å². The molecular weight excluding hydrogens is 286 g/mol. The summed E-state index contributed by atoms with van der Waals surface area (Å²) in [6, 6.07) is 11.3. The summed E-state index contributed by atoms with van der Waals surface area (Å²) in [5.74, 6) is 0.723. The summed E-state index contributed by atoms with van der Waals surface area (Å²) in [5.41, 5.74) is 3.32. The molecule has 0 spiro atoms. The summed E-state index contributed by atoms with van der Waals surface area (Å²) in [5, 5.41) is 0.695. The number of halogens is 1. The van der Waals surface area contributed by atoms with Crippen LogP contribution in [0.1, 0.15) is 0 Å². The van der Waals surface area contributed by atoms with Crippen molar-refractivity contribution in [2.24, 2.45) is 0 Å². The number of rotatable bonds is 2. The second-order valence-corrected chi connectivity index (χ2v) is 5.05. The van der Waals surface area contributed by atoms with Crippen molar-refractivity contribution in [1.29, 1.82) is 0 Å². The first-order valence-corrected chi connectivity index (χ1v) is 6.82. The molecule has 5 heteroatoms. The van der Waals surface area contributed by atoms with Crippen LogP contribution in [0.15, 0.2) is 65.7 Å². The van der Waals surface area contributed by atoms with Gasteiger partial charge in [0.25, 0.3) is 0 Å². The zero-order chi connectivity index (χ0) is 14.2. The molecule has 0 aliphatic heterocycles. The van der Waals surface area contributed by atoms with E-state index in [1.807, 2.05) is 53.2 Å². The molecule has 0 fully saturated rings. The van der Waals surface area contributed by atoms with Crippen molar-refractivity contribution in [2.75, 3.05) is 0 Å². The number of imidazole rings is 1. The van der Waals surface area contributed by atoms with Gasteiger partial charge >= 0.3 is 0 Å². The van der Waals surface area contributed by atoms with Gasteiger partial charge in [0, 0.05) is 29.2 Å². The second-order valence-electron chi connectivity index (χ2n) is 4.62. The average molecular weight is 296 g/mol. The van der Waals surface area contributed by atoms with Gasteiger partial charge < -0.3 is 8.82 Å². The SMILES string of the molecule is Clc1ccc(-c2nc(-c3ccco3)cn3ccnc23)cc1. The fraction of sp³-hybridized carbons (Fsp3) is 0. The van der Waals surface area contributed by atoms with Crippen LogP contribution in [0, 0.1) is 0 Å². The molecule has 0 bridgehead atoms. The molecule has 0 atom stereocenters. The van der Waals surface area contributed by atoms with Gasteiger partial charge in [0.2, 0.25) is 0 Å². The molecule has 0 aliphatic rings. The molecule has 0 aliphatic carbocycles. The largest absolute Gasteiger partial charge is 0.463 e. The topological polar surface area (TPSA) is 43.3 Å². The van der Waals surface area contributed by atoms with Gasteiger partial charge in [-0.05, 0) is 24.3 Å². The molecule has 4 nitrogen and oxygen atoms in total. The highest BCUT2D eigenvalue weighted by atomic mass is 35.5. The van der Waals surface area contributed by atoms with Crippen molar-refractivity contribution in [3.05, 3.63) is 66.3 Å². The molecule has 4 rings (SSSR count). The number of aromatic nitrogens is 3. The summed E-state index contributed by atoms with van der Waals surface area (Å²) in [6.45, 7) is 0. The van der Waals surface area contributed by atoms with E-state index in [2.05, 4.69) is 4.98 Å². The molecule has 0 radical (unpaired) electrons. The van der Waals surface area contributed by atoms with Gasteiger partial charge in [-0.25, -0.2) is 9.97 Å². The van der Waals surface area contributed by atoms with Crippen molar-refractivity contribution in [3.8, 4) is 22.7 Å². The average Bonchev–Trinajstić information content (AvgIpc) is 3.18. The highest BCUT2D eigenvalue weighted by Crippen LogP contribution is 2.27. The summed E-state index contributed by atoms with van der Waals surface area (Å²) >= 11 is 5.95. The van der Waals surface area contributed by atoms with E-state index in [0.717, 1.165) is 28.4 Å². The lowest BCUT2D eigenvalue weighted by atomic mass is 10.1. The zero-order valence-corrected chi connectivity index (χ0v) is 11.7. The third-order valence-electron chi connectivity index (χ3n) is 3.27. The summed E-state index contributed by atoms with van der Waals surface area (Å²) in [4.78, 5) is 9.07. The number of benzene rings is 1. The van der Waals surface area contributed by atoms with Gasteiger partial charge in [-0.2, -0.15) is 0 Å². The van der Waals surface area contributed by atoms with Crippen LogP contribution < -0.4 is 0 Å². The van der Waals surface area contributed by atoms with Crippen molar-refractivity contribution in [1.82, 2.24) is 14.4 Å². The molecular formula is C16H10ClN3O. The van der Waals surface area contributed by atoms with E-state index in [0.29, 0.717) is 5.02 Å². The molecule has 0 N–H and O–H groups in total. The molecule has 3 heterocycles. The molecule has 3 aromatic heterocycles. The van der Waals surface area contributed by atoms with Crippen molar-refractivity contribution in [2.45, 2.75) is 0 Å². The van der Waals surface area contributed by atoms with Crippen LogP contribution in [0.25, 0.3) is 28.4 Å². The third kappa shape index (κ3) is 2.10. The standard InChI is InChI=1S/C16H10ClN3O/c17-12-5-3-11(4-6-12)15-16-18-7-8-20(16)10-13(19-15)14-2-1-9-21-14/h1-10H. The third-order valence-corrected chi connectivity index (χ3v) is 3.52. The molecule has 0 unspecified atom stereocenters. The lowest BCUT2D eigenvalue weighted by molar-refractivity contribution is 0.579. The first-order chi connectivity index (χ1) is 10.3. The van der Waals surface area contributed by atoms with Crippen LogP contribution in [-0.2, 0) is 0 Å². The maximum Gasteiger partial charge on any atom is 0.163 e. The molecule has 21 heavy (non-hydrogen) atoms. The molecule has 1 aromatic carbocycles. The minimum Gasteiger partial charge on any atom is -0.463 e. The van der Waals surface area contributed by atoms with Crippen LogP contribution in [0.4, 0.5) is 0 Å². The Balaban J connectivity index is 1.98. The fourth-order valence-electron chi connectivity index (χ4n) is 2.28. The van der Waals surface area contributed by atoms with Gasteiger partial charge in [0.15, 0.2) is 11.4 Å². The molecule has 0 saturated heterocycles. The molecule has 4 aromatic rings. The van der Waals surface area contributed by atoms with Gasteiger partial charge in [-0.15, -0.1) is 0 Å². The highest BCUT2D eigenvalue weighted by molar-refractivity contribution is 6.30.